The molecule has 3 aromatic rings. The first-order valence-corrected chi connectivity index (χ1v) is 6.99. The Balaban J connectivity index is 2.16. The smallest absolute Gasteiger partial charge is 0.197 e. The number of hydrogen-bond acceptors (Lipinski definition) is 3. The maximum absolute atomic E-state index is 12.7. The maximum atomic E-state index is 12.7. The Hall–Kier alpha value is -2.62. The van der Waals surface area contributed by atoms with Gasteiger partial charge in [-0.15, -0.1) is 0 Å². The van der Waals surface area contributed by atoms with Crippen molar-refractivity contribution in [1.29, 1.82) is 0 Å². The number of aromatic amines is 1. The van der Waals surface area contributed by atoms with Gasteiger partial charge in [0, 0.05) is 29.5 Å². The van der Waals surface area contributed by atoms with Crippen LogP contribution in [0.4, 0.5) is 0 Å². The molecule has 4 nitrogen and oxygen atoms in total. The number of aromatic nitrogens is 2. The molecular weight excluding hydrogens is 264 g/mol. The lowest BCUT2D eigenvalue weighted by Gasteiger charge is -2.09. The van der Waals surface area contributed by atoms with Crippen LogP contribution in [0.25, 0.3) is 22.0 Å². The third-order valence-electron chi connectivity index (χ3n) is 3.33. The van der Waals surface area contributed by atoms with Gasteiger partial charge in [0.05, 0.1) is 12.1 Å². The molecule has 0 spiro atoms. The average Bonchev–Trinajstić information content (AvgIpc) is 2.54. The Labute approximate surface area is 122 Å². The third kappa shape index (κ3) is 2.52. The van der Waals surface area contributed by atoms with Gasteiger partial charge in [-0.2, -0.15) is 0 Å². The van der Waals surface area contributed by atoms with Crippen LogP contribution in [0.3, 0.4) is 0 Å². The van der Waals surface area contributed by atoms with Crippen molar-refractivity contribution in [2.75, 3.05) is 6.61 Å². The molecule has 0 saturated heterocycles. The van der Waals surface area contributed by atoms with Crippen LogP contribution < -0.4 is 10.2 Å². The molecule has 106 valence electrons. The van der Waals surface area contributed by atoms with Crippen LogP contribution >= 0.6 is 0 Å². The fourth-order valence-electron chi connectivity index (χ4n) is 2.30. The van der Waals surface area contributed by atoms with Crippen molar-refractivity contribution in [2.24, 2.45) is 0 Å². The highest BCUT2D eigenvalue weighted by molar-refractivity contribution is 5.87. The number of ether oxygens (including phenoxy) is 1. The van der Waals surface area contributed by atoms with Gasteiger partial charge in [-0.1, -0.05) is 13.0 Å². The Morgan fingerprint density at radius 1 is 1.19 bits per heavy atom. The van der Waals surface area contributed by atoms with E-state index in [1.165, 1.54) is 0 Å². The molecule has 0 amide bonds. The van der Waals surface area contributed by atoms with E-state index in [1.54, 1.807) is 18.6 Å². The number of fused-ring (bicyclic) bond motifs is 1. The zero-order valence-electron chi connectivity index (χ0n) is 11.8. The molecule has 0 aliphatic rings. The van der Waals surface area contributed by atoms with Crippen LogP contribution in [0, 0.1) is 0 Å². The van der Waals surface area contributed by atoms with Gasteiger partial charge in [0.15, 0.2) is 5.43 Å². The van der Waals surface area contributed by atoms with E-state index in [0.717, 1.165) is 17.5 Å². The highest BCUT2D eigenvalue weighted by Gasteiger charge is 2.10. The Morgan fingerprint density at radius 2 is 2.00 bits per heavy atom. The summed E-state index contributed by atoms with van der Waals surface area (Å²) in [7, 11) is 0. The summed E-state index contributed by atoms with van der Waals surface area (Å²) in [6, 6.07) is 9.19. The van der Waals surface area contributed by atoms with Gasteiger partial charge < -0.3 is 9.72 Å². The number of nitrogens with zero attached hydrogens (tertiary/aromatic N) is 1. The molecule has 1 N–H and O–H groups in total. The van der Waals surface area contributed by atoms with Crippen molar-refractivity contribution in [3.05, 3.63) is 59.1 Å². The molecule has 2 aromatic heterocycles. The summed E-state index contributed by atoms with van der Waals surface area (Å²) >= 11 is 0. The van der Waals surface area contributed by atoms with E-state index in [9.17, 15) is 4.79 Å². The topological polar surface area (TPSA) is 55.0 Å². The van der Waals surface area contributed by atoms with E-state index in [2.05, 4.69) is 16.9 Å². The molecule has 0 aliphatic heterocycles. The molecule has 0 radical (unpaired) electrons. The zero-order valence-corrected chi connectivity index (χ0v) is 11.8. The van der Waals surface area contributed by atoms with E-state index < -0.39 is 0 Å². The predicted molar refractivity (Wildman–Crippen MR) is 83.6 cm³/mol. The van der Waals surface area contributed by atoms with Crippen molar-refractivity contribution in [3.63, 3.8) is 0 Å². The molecule has 0 atom stereocenters. The van der Waals surface area contributed by atoms with Crippen LogP contribution in [-0.2, 0) is 0 Å². The lowest BCUT2D eigenvalue weighted by Crippen LogP contribution is -2.07. The number of rotatable bonds is 4. The van der Waals surface area contributed by atoms with E-state index in [0.29, 0.717) is 23.3 Å². The SMILES string of the molecule is CCCOc1cccc2c(=O)c(-c3ccncc3)c[nH]c12. The lowest BCUT2D eigenvalue weighted by molar-refractivity contribution is 0.320. The maximum Gasteiger partial charge on any atom is 0.197 e. The fourth-order valence-corrected chi connectivity index (χ4v) is 2.30. The molecule has 21 heavy (non-hydrogen) atoms. The second kappa shape index (κ2) is 5.79. The normalized spacial score (nSPS) is 10.7. The number of benzene rings is 1. The number of nitrogens with one attached hydrogen (secondary N) is 1. The summed E-state index contributed by atoms with van der Waals surface area (Å²) in [6.07, 6.45) is 6.02. The first-order chi connectivity index (χ1) is 10.3. The molecule has 4 heteroatoms. The minimum Gasteiger partial charge on any atom is -0.491 e. The van der Waals surface area contributed by atoms with Crippen LogP contribution in [0.1, 0.15) is 13.3 Å². The van der Waals surface area contributed by atoms with Gasteiger partial charge >= 0.3 is 0 Å². The fraction of sp³-hybridized carbons (Fsp3) is 0.176. The quantitative estimate of drug-likeness (QED) is 0.797. The van der Waals surface area contributed by atoms with Gasteiger partial charge in [-0.3, -0.25) is 9.78 Å². The number of para-hydroxylation sites is 1. The number of H-pyrrole nitrogens is 1. The van der Waals surface area contributed by atoms with Crippen molar-refractivity contribution in [3.8, 4) is 16.9 Å². The van der Waals surface area contributed by atoms with Crippen LogP contribution in [0.2, 0.25) is 0 Å². The van der Waals surface area contributed by atoms with Gasteiger partial charge in [0.1, 0.15) is 5.75 Å². The van der Waals surface area contributed by atoms with Gasteiger partial charge in [-0.25, -0.2) is 0 Å². The zero-order chi connectivity index (χ0) is 14.7. The van der Waals surface area contributed by atoms with Crippen molar-refractivity contribution in [2.45, 2.75) is 13.3 Å². The van der Waals surface area contributed by atoms with E-state index >= 15 is 0 Å². The average molecular weight is 280 g/mol. The summed E-state index contributed by atoms with van der Waals surface area (Å²) in [5.41, 5.74) is 2.23. The second-order valence-corrected chi connectivity index (χ2v) is 4.79. The Bertz CT molecular complexity index is 810. The summed E-state index contributed by atoms with van der Waals surface area (Å²) in [5.74, 6) is 0.715. The lowest BCUT2D eigenvalue weighted by atomic mass is 10.1. The largest absolute Gasteiger partial charge is 0.491 e. The molecule has 0 bridgehead atoms. The van der Waals surface area contributed by atoms with Crippen molar-refractivity contribution < 1.29 is 4.74 Å². The van der Waals surface area contributed by atoms with Gasteiger partial charge in [0.25, 0.3) is 0 Å². The molecular formula is C17H16N2O2. The molecule has 0 fully saturated rings. The second-order valence-electron chi connectivity index (χ2n) is 4.79. The minimum atomic E-state index is -0.00287. The first kappa shape index (κ1) is 13.4. The van der Waals surface area contributed by atoms with E-state index in [1.807, 2.05) is 30.3 Å². The first-order valence-electron chi connectivity index (χ1n) is 6.99. The van der Waals surface area contributed by atoms with Gasteiger partial charge in [0.2, 0.25) is 0 Å². The molecule has 0 aliphatic carbocycles. The predicted octanol–water partition coefficient (Wildman–Crippen LogP) is 3.38. The third-order valence-corrected chi connectivity index (χ3v) is 3.33. The Morgan fingerprint density at radius 3 is 2.76 bits per heavy atom. The monoisotopic (exact) mass is 280 g/mol. The standard InChI is InChI=1S/C17H16N2O2/c1-2-10-21-15-5-3-4-13-16(15)19-11-14(17(13)20)12-6-8-18-9-7-12/h3-9,11H,2,10H2,1H3,(H,19,20). The van der Waals surface area contributed by atoms with E-state index in [4.69, 9.17) is 4.74 Å². The summed E-state index contributed by atoms with van der Waals surface area (Å²) in [5, 5.41) is 0.637. The van der Waals surface area contributed by atoms with Crippen LogP contribution in [-0.4, -0.2) is 16.6 Å². The minimum absolute atomic E-state index is 0.00287. The summed E-state index contributed by atoms with van der Waals surface area (Å²) in [6.45, 7) is 2.68. The summed E-state index contributed by atoms with van der Waals surface area (Å²) in [4.78, 5) is 19.8. The van der Waals surface area contributed by atoms with Crippen LogP contribution in [0.5, 0.6) is 5.75 Å². The number of pyridine rings is 2. The van der Waals surface area contributed by atoms with Gasteiger partial charge in [-0.05, 0) is 36.2 Å². The highest BCUT2D eigenvalue weighted by atomic mass is 16.5. The molecule has 0 saturated carbocycles. The highest BCUT2D eigenvalue weighted by Crippen LogP contribution is 2.24. The Kier molecular flexibility index (Phi) is 3.69. The van der Waals surface area contributed by atoms with Crippen molar-refractivity contribution in [1.82, 2.24) is 9.97 Å². The van der Waals surface area contributed by atoms with Crippen LogP contribution in [0.15, 0.2) is 53.7 Å². The summed E-state index contributed by atoms with van der Waals surface area (Å²) < 4.78 is 5.69. The van der Waals surface area contributed by atoms with Crippen molar-refractivity contribution >= 4 is 10.9 Å². The molecule has 2 heterocycles. The van der Waals surface area contributed by atoms with E-state index in [-0.39, 0.29) is 5.43 Å². The number of hydrogen-bond donors (Lipinski definition) is 1. The molecule has 0 unspecified atom stereocenters. The molecule has 3 rings (SSSR count). The molecule has 1 aromatic carbocycles.